The summed E-state index contributed by atoms with van der Waals surface area (Å²) in [5, 5.41) is 4.80. The van der Waals surface area contributed by atoms with Crippen LogP contribution in [0.4, 0.5) is 0 Å². The van der Waals surface area contributed by atoms with Crippen LogP contribution in [-0.4, -0.2) is 34.8 Å². The van der Waals surface area contributed by atoms with E-state index in [1.54, 1.807) is 0 Å². The average molecular weight is 336 g/mol. The zero-order valence-corrected chi connectivity index (χ0v) is 13.5. The molecule has 4 rings (SSSR count). The summed E-state index contributed by atoms with van der Waals surface area (Å²) in [5.74, 6) is 2.16. The minimum Gasteiger partial charge on any atom is -0.492 e. The quantitative estimate of drug-likeness (QED) is 0.859. The van der Waals surface area contributed by atoms with Crippen molar-refractivity contribution in [2.24, 2.45) is 0 Å². The lowest BCUT2D eigenvalue weighted by molar-refractivity contribution is 0.0835. The molecule has 0 bridgehead atoms. The zero-order valence-electron chi connectivity index (χ0n) is 12.7. The molecule has 0 radical (unpaired) electrons. The number of halogens is 1. The number of ether oxygens (including phenoxy) is 2. The van der Waals surface area contributed by atoms with E-state index in [2.05, 4.69) is 15.0 Å². The minimum atomic E-state index is -0.0387. The van der Waals surface area contributed by atoms with Crippen LogP contribution in [0.25, 0.3) is 0 Å². The van der Waals surface area contributed by atoms with Crippen molar-refractivity contribution in [1.29, 1.82) is 0 Å². The van der Waals surface area contributed by atoms with Gasteiger partial charge in [0.15, 0.2) is 5.82 Å². The SMILES string of the molecule is Clc1ccc2c(c1)CN(Cc1noc(C3CCCO3)n1)CCO2. The molecule has 3 heterocycles. The summed E-state index contributed by atoms with van der Waals surface area (Å²) in [6.07, 6.45) is 1.96. The molecule has 23 heavy (non-hydrogen) atoms. The van der Waals surface area contributed by atoms with E-state index in [1.165, 1.54) is 0 Å². The van der Waals surface area contributed by atoms with Crippen LogP contribution in [0, 0.1) is 0 Å². The van der Waals surface area contributed by atoms with Crippen molar-refractivity contribution < 1.29 is 14.0 Å². The number of hydrogen-bond acceptors (Lipinski definition) is 6. The fourth-order valence-electron chi connectivity index (χ4n) is 2.99. The summed E-state index contributed by atoms with van der Waals surface area (Å²) in [7, 11) is 0. The van der Waals surface area contributed by atoms with Crippen LogP contribution in [0.1, 0.15) is 36.2 Å². The third-order valence-electron chi connectivity index (χ3n) is 4.14. The van der Waals surface area contributed by atoms with Crippen molar-refractivity contribution in [3.8, 4) is 5.75 Å². The van der Waals surface area contributed by atoms with E-state index in [9.17, 15) is 0 Å². The smallest absolute Gasteiger partial charge is 0.255 e. The van der Waals surface area contributed by atoms with E-state index >= 15 is 0 Å². The Bertz CT molecular complexity index is 685. The molecule has 6 nitrogen and oxygen atoms in total. The highest BCUT2D eigenvalue weighted by atomic mass is 35.5. The molecule has 1 unspecified atom stereocenters. The first-order chi connectivity index (χ1) is 11.3. The molecular weight excluding hydrogens is 318 g/mol. The van der Waals surface area contributed by atoms with Gasteiger partial charge in [-0.05, 0) is 31.0 Å². The number of rotatable bonds is 3. The lowest BCUT2D eigenvalue weighted by atomic mass is 10.2. The van der Waals surface area contributed by atoms with E-state index in [1.807, 2.05) is 18.2 Å². The van der Waals surface area contributed by atoms with Gasteiger partial charge in [-0.2, -0.15) is 4.98 Å². The number of fused-ring (bicyclic) bond motifs is 1. The summed E-state index contributed by atoms with van der Waals surface area (Å²) in [4.78, 5) is 6.71. The zero-order chi connectivity index (χ0) is 15.6. The second-order valence-corrected chi connectivity index (χ2v) is 6.30. The maximum absolute atomic E-state index is 6.09. The Hall–Kier alpha value is -1.63. The van der Waals surface area contributed by atoms with Crippen molar-refractivity contribution in [2.45, 2.75) is 32.0 Å². The Morgan fingerprint density at radius 2 is 2.26 bits per heavy atom. The number of hydrogen-bond donors (Lipinski definition) is 0. The molecule has 122 valence electrons. The van der Waals surface area contributed by atoms with Gasteiger partial charge in [-0.3, -0.25) is 4.90 Å². The summed E-state index contributed by atoms with van der Waals surface area (Å²) >= 11 is 6.09. The Morgan fingerprint density at radius 3 is 3.13 bits per heavy atom. The Morgan fingerprint density at radius 1 is 1.30 bits per heavy atom. The van der Waals surface area contributed by atoms with Gasteiger partial charge in [-0.25, -0.2) is 0 Å². The van der Waals surface area contributed by atoms with Crippen LogP contribution in [0.2, 0.25) is 5.02 Å². The van der Waals surface area contributed by atoms with Crippen molar-refractivity contribution >= 4 is 11.6 Å². The predicted octanol–water partition coefficient (Wildman–Crippen LogP) is 2.97. The Labute approximate surface area is 139 Å². The fraction of sp³-hybridized carbons (Fsp3) is 0.500. The molecule has 2 aromatic rings. The van der Waals surface area contributed by atoms with Gasteiger partial charge in [0.2, 0.25) is 0 Å². The first kappa shape index (κ1) is 14.9. The highest BCUT2D eigenvalue weighted by Gasteiger charge is 2.25. The molecule has 0 spiro atoms. The molecule has 0 saturated carbocycles. The molecule has 7 heteroatoms. The van der Waals surface area contributed by atoms with E-state index in [-0.39, 0.29) is 6.10 Å². The molecule has 0 aliphatic carbocycles. The maximum atomic E-state index is 6.09. The summed E-state index contributed by atoms with van der Waals surface area (Å²) < 4.78 is 16.7. The molecular formula is C16H18ClN3O3. The highest BCUT2D eigenvalue weighted by Crippen LogP contribution is 2.28. The fourth-order valence-corrected chi connectivity index (χ4v) is 3.18. The monoisotopic (exact) mass is 335 g/mol. The van der Waals surface area contributed by atoms with Gasteiger partial charge < -0.3 is 14.0 Å². The Kier molecular flexibility index (Phi) is 4.20. The van der Waals surface area contributed by atoms with Gasteiger partial charge in [0.25, 0.3) is 5.89 Å². The van der Waals surface area contributed by atoms with Gasteiger partial charge in [0, 0.05) is 30.3 Å². The molecule has 2 aliphatic heterocycles. The normalized spacial score (nSPS) is 21.7. The lowest BCUT2D eigenvalue weighted by Gasteiger charge is -2.16. The van der Waals surface area contributed by atoms with Crippen LogP contribution >= 0.6 is 11.6 Å². The molecule has 0 N–H and O–H groups in total. The largest absolute Gasteiger partial charge is 0.492 e. The van der Waals surface area contributed by atoms with Crippen molar-refractivity contribution in [1.82, 2.24) is 15.0 Å². The van der Waals surface area contributed by atoms with Gasteiger partial charge in [-0.1, -0.05) is 16.8 Å². The van der Waals surface area contributed by atoms with E-state index in [0.717, 1.165) is 48.9 Å². The van der Waals surface area contributed by atoms with E-state index in [4.69, 9.17) is 25.6 Å². The average Bonchev–Trinajstić information content (AvgIpc) is 3.16. The number of aromatic nitrogens is 2. The van der Waals surface area contributed by atoms with Crippen LogP contribution < -0.4 is 4.74 Å². The van der Waals surface area contributed by atoms with Gasteiger partial charge in [0.05, 0.1) is 6.54 Å². The van der Waals surface area contributed by atoms with Gasteiger partial charge >= 0.3 is 0 Å². The molecule has 1 aromatic heterocycles. The number of nitrogens with zero attached hydrogens (tertiary/aromatic N) is 3. The standard InChI is InChI=1S/C16H18ClN3O3/c17-12-3-4-13-11(8-12)9-20(5-7-22-13)10-15-18-16(23-19-15)14-2-1-6-21-14/h3-4,8,14H,1-2,5-7,9-10H2. The lowest BCUT2D eigenvalue weighted by Crippen LogP contribution is -2.25. The van der Waals surface area contributed by atoms with Crippen LogP contribution in [0.5, 0.6) is 5.75 Å². The molecule has 1 atom stereocenters. The van der Waals surface area contributed by atoms with E-state index < -0.39 is 0 Å². The summed E-state index contributed by atoms with van der Waals surface area (Å²) in [6.45, 7) is 3.57. The molecule has 2 aliphatic rings. The van der Waals surface area contributed by atoms with Crippen LogP contribution in [0.3, 0.4) is 0 Å². The second kappa shape index (κ2) is 6.47. The Balaban J connectivity index is 1.46. The first-order valence-electron chi connectivity index (χ1n) is 7.85. The summed E-state index contributed by atoms with van der Waals surface area (Å²) in [6, 6.07) is 5.72. The summed E-state index contributed by atoms with van der Waals surface area (Å²) in [5.41, 5.74) is 1.08. The third-order valence-corrected chi connectivity index (χ3v) is 4.37. The first-order valence-corrected chi connectivity index (χ1v) is 8.23. The number of benzene rings is 1. The van der Waals surface area contributed by atoms with Crippen molar-refractivity contribution in [3.05, 3.63) is 40.5 Å². The second-order valence-electron chi connectivity index (χ2n) is 5.86. The minimum absolute atomic E-state index is 0.0387. The van der Waals surface area contributed by atoms with Gasteiger partial charge in [-0.15, -0.1) is 0 Å². The van der Waals surface area contributed by atoms with E-state index in [0.29, 0.717) is 24.9 Å². The van der Waals surface area contributed by atoms with Crippen LogP contribution in [0.15, 0.2) is 22.7 Å². The topological polar surface area (TPSA) is 60.6 Å². The maximum Gasteiger partial charge on any atom is 0.255 e. The molecule has 1 aromatic carbocycles. The van der Waals surface area contributed by atoms with Crippen molar-refractivity contribution in [2.75, 3.05) is 19.8 Å². The molecule has 1 saturated heterocycles. The third kappa shape index (κ3) is 3.34. The van der Waals surface area contributed by atoms with Gasteiger partial charge in [0.1, 0.15) is 18.5 Å². The molecule has 0 amide bonds. The highest BCUT2D eigenvalue weighted by molar-refractivity contribution is 6.30. The predicted molar refractivity (Wildman–Crippen MR) is 83.3 cm³/mol. The van der Waals surface area contributed by atoms with Crippen molar-refractivity contribution in [3.63, 3.8) is 0 Å². The van der Waals surface area contributed by atoms with Crippen LogP contribution in [-0.2, 0) is 17.8 Å². The molecule has 1 fully saturated rings.